The summed E-state index contributed by atoms with van der Waals surface area (Å²) in [4.78, 5) is 4.24. The minimum absolute atomic E-state index is 0.371. The van der Waals surface area contributed by atoms with Gasteiger partial charge < -0.3 is 15.0 Å². The summed E-state index contributed by atoms with van der Waals surface area (Å²) in [7, 11) is 0. The van der Waals surface area contributed by atoms with Crippen molar-refractivity contribution in [2.75, 3.05) is 6.61 Å². The first-order chi connectivity index (χ1) is 9.24. The third-order valence-corrected chi connectivity index (χ3v) is 2.78. The Hall–Kier alpha value is -1.88. The molecule has 1 aromatic heterocycles. The number of hydrogen-bond donors (Lipinski definition) is 1. The predicted octanol–water partition coefficient (Wildman–Crippen LogP) is 2.47. The van der Waals surface area contributed by atoms with Crippen molar-refractivity contribution in [1.82, 2.24) is 10.1 Å². The van der Waals surface area contributed by atoms with Crippen LogP contribution >= 0.6 is 0 Å². The number of ether oxygens (including phenoxy) is 1. The monoisotopic (exact) mass is 261 g/mol. The Labute approximate surface area is 112 Å². The van der Waals surface area contributed by atoms with Crippen LogP contribution in [0.4, 0.5) is 0 Å². The van der Waals surface area contributed by atoms with Gasteiger partial charge in [0.2, 0.25) is 5.89 Å². The molecule has 2 aromatic rings. The van der Waals surface area contributed by atoms with Crippen LogP contribution in [-0.2, 0) is 6.42 Å². The van der Waals surface area contributed by atoms with E-state index in [0.29, 0.717) is 18.1 Å². The Bertz CT molecular complexity index is 508. The summed E-state index contributed by atoms with van der Waals surface area (Å²) in [5.74, 6) is 1.97. The topological polar surface area (TPSA) is 74.2 Å². The number of rotatable bonds is 6. The molecular formula is C14H19N3O2. The predicted molar refractivity (Wildman–Crippen MR) is 71.9 cm³/mol. The van der Waals surface area contributed by atoms with E-state index in [4.69, 9.17) is 15.0 Å². The molecule has 0 bridgehead atoms. The fourth-order valence-corrected chi connectivity index (χ4v) is 1.68. The summed E-state index contributed by atoms with van der Waals surface area (Å²) in [5.41, 5.74) is 7.05. The lowest BCUT2D eigenvalue weighted by Crippen LogP contribution is -2.13. The molecule has 0 fully saturated rings. The van der Waals surface area contributed by atoms with Gasteiger partial charge in [-0.1, -0.05) is 31.1 Å². The minimum atomic E-state index is -0.371. The number of aryl methyl sites for hydroxylation is 1. The van der Waals surface area contributed by atoms with E-state index in [2.05, 4.69) is 17.1 Å². The fourth-order valence-electron chi connectivity index (χ4n) is 1.68. The van der Waals surface area contributed by atoms with E-state index in [-0.39, 0.29) is 6.04 Å². The van der Waals surface area contributed by atoms with E-state index in [1.807, 2.05) is 31.2 Å². The molecule has 5 nitrogen and oxygen atoms in total. The Morgan fingerprint density at radius 3 is 2.58 bits per heavy atom. The van der Waals surface area contributed by atoms with Gasteiger partial charge in [-0.05, 0) is 24.1 Å². The molecule has 0 saturated heterocycles. The molecule has 0 radical (unpaired) electrons. The lowest BCUT2D eigenvalue weighted by molar-refractivity contribution is 0.317. The maximum absolute atomic E-state index is 6.11. The van der Waals surface area contributed by atoms with E-state index in [1.165, 1.54) is 0 Å². The van der Waals surface area contributed by atoms with E-state index in [0.717, 1.165) is 24.3 Å². The lowest BCUT2D eigenvalue weighted by atomic mass is 10.1. The molecule has 0 spiro atoms. The zero-order valence-corrected chi connectivity index (χ0v) is 11.3. The van der Waals surface area contributed by atoms with Gasteiger partial charge in [0.1, 0.15) is 5.75 Å². The highest BCUT2D eigenvalue weighted by Gasteiger charge is 2.15. The quantitative estimate of drug-likeness (QED) is 0.864. The summed E-state index contributed by atoms with van der Waals surface area (Å²) < 4.78 is 10.6. The summed E-state index contributed by atoms with van der Waals surface area (Å²) in [6.07, 6.45) is 1.70. The summed E-state index contributed by atoms with van der Waals surface area (Å²) in [6, 6.07) is 7.30. The van der Waals surface area contributed by atoms with Crippen LogP contribution in [0.1, 0.15) is 43.6 Å². The second-order valence-corrected chi connectivity index (χ2v) is 4.30. The highest BCUT2D eigenvalue weighted by molar-refractivity contribution is 5.31. The van der Waals surface area contributed by atoms with Gasteiger partial charge in [-0.25, -0.2) is 0 Å². The van der Waals surface area contributed by atoms with E-state index < -0.39 is 0 Å². The van der Waals surface area contributed by atoms with Crippen LogP contribution in [-0.4, -0.2) is 16.7 Å². The normalized spacial score (nSPS) is 12.4. The Balaban J connectivity index is 2.08. The van der Waals surface area contributed by atoms with Gasteiger partial charge in [0.15, 0.2) is 5.82 Å². The average Bonchev–Trinajstić information content (AvgIpc) is 2.94. The molecule has 2 rings (SSSR count). The van der Waals surface area contributed by atoms with Crippen LogP contribution in [0.5, 0.6) is 5.75 Å². The molecule has 5 heteroatoms. The van der Waals surface area contributed by atoms with Gasteiger partial charge in [-0.2, -0.15) is 4.98 Å². The van der Waals surface area contributed by atoms with Crippen LogP contribution in [0.15, 0.2) is 28.8 Å². The molecular weight excluding hydrogens is 242 g/mol. The highest BCUT2D eigenvalue weighted by atomic mass is 16.5. The van der Waals surface area contributed by atoms with E-state index in [9.17, 15) is 0 Å². The number of nitrogens with two attached hydrogens (primary N) is 1. The Morgan fingerprint density at radius 2 is 2.00 bits per heavy atom. The zero-order chi connectivity index (χ0) is 13.7. The van der Waals surface area contributed by atoms with Gasteiger partial charge in [-0.3, -0.25) is 0 Å². The summed E-state index contributed by atoms with van der Waals surface area (Å²) in [6.45, 7) is 4.75. The van der Waals surface area contributed by atoms with Gasteiger partial charge >= 0.3 is 0 Å². The van der Waals surface area contributed by atoms with Crippen molar-refractivity contribution >= 4 is 0 Å². The van der Waals surface area contributed by atoms with Crippen molar-refractivity contribution in [3.63, 3.8) is 0 Å². The maximum atomic E-state index is 6.11. The molecule has 19 heavy (non-hydrogen) atoms. The number of aromatic nitrogens is 2. The van der Waals surface area contributed by atoms with E-state index >= 15 is 0 Å². The number of nitrogens with zero attached hydrogens (tertiary/aromatic N) is 2. The molecule has 2 N–H and O–H groups in total. The molecule has 1 heterocycles. The van der Waals surface area contributed by atoms with Crippen molar-refractivity contribution in [3.8, 4) is 5.75 Å². The fraction of sp³-hybridized carbons (Fsp3) is 0.429. The third kappa shape index (κ3) is 3.32. The van der Waals surface area contributed by atoms with Crippen LogP contribution < -0.4 is 10.5 Å². The smallest absolute Gasteiger partial charge is 0.226 e. The van der Waals surface area contributed by atoms with Gasteiger partial charge in [0.05, 0.1) is 12.6 Å². The highest BCUT2D eigenvalue weighted by Crippen LogP contribution is 2.20. The molecule has 0 aliphatic heterocycles. The maximum Gasteiger partial charge on any atom is 0.226 e. The zero-order valence-electron chi connectivity index (χ0n) is 11.3. The molecule has 0 aliphatic rings. The largest absolute Gasteiger partial charge is 0.494 e. The van der Waals surface area contributed by atoms with Crippen molar-refractivity contribution < 1.29 is 9.26 Å². The van der Waals surface area contributed by atoms with Gasteiger partial charge in [-0.15, -0.1) is 0 Å². The van der Waals surface area contributed by atoms with Gasteiger partial charge in [0.25, 0.3) is 0 Å². The van der Waals surface area contributed by atoms with Crippen LogP contribution in [0.25, 0.3) is 0 Å². The van der Waals surface area contributed by atoms with Gasteiger partial charge in [0, 0.05) is 6.42 Å². The number of hydrogen-bond acceptors (Lipinski definition) is 5. The average molecular weight is 261 g/mol. The summed E-state index contributed by atoms with van der Waals surface area (Å²) >= 11 is 0. The van der Waals surface area contributed by atoms with Crippen LogP contribution in [0.3, 0.4) is 0 Å². The Morgan fingerprint density at radius 1 is 1.26 bits per heavy atom. The van der Waals surface area contributed by atoms with Crippen molar-refractivity contribution in [2.24, 2.45) is 5.73 Å². The van der Waals surface area contributed by atoms with Crippen molar-refractivity contribution in [3.05, 3.63) is 41.5 Å². The molecule has 102 valence electrons. The molecule has 1 unspecified atom stereocenters. The minimum Gasteiger partial charge on any atom is -0.494 e. The van der Waals surface area contributed by atoms with E-state index in [1.54, 1.807) is 0 Å². The standard InChI is InChI=1S/C14H19N3O2/c1-3-9-18-11-7-5-10(6-8-11)13(15)14-16-12(4-2)19-17-14/h5-8,13H,3-4,9,15H2,1-2H3. The first-order valence-electron chi connectivity index (χ1n) is 6.55. The van der Waals surface area contributed by atoms with Crippen molar-refractivity contribution in [2.45, 2.75) is 32.7 Å². The first-order valence-corrected chi connectivity index (χ1v) is 6.55. The summed E-state index contributed by atoms with van der Waals surface area (Å²) in [5, 5.41) is 3.89. The molecule has 0 amide bonds. The number of benzene rings is 1. The second kappa shape index (κ2) is 6.33. The lowest BCUT2D eigenvalue weighted by Gasteiger charge is -2.09. The SMILES string of the molecule is CCCOc1ccc(C(N)c2noc(CC)n2)cc1. The molecule has 0 saturated carbocycles. The van der Waals surface area contributed by atoms with Crippen LogP contribution in [0, 0.1) is 0 Å². The Kier molecular flexibility index (Phi) is 4.52. The first kappa shape index (κ1) is 13.5. The van der Waals surface area contributed by atoms with Crippen LogP contribution in [0.2, 0.25) is 0 Å². The van der Waals surface area contributed by atoms with Crippen molar-refractivity contribution in [1.29, 1.82) is 0 Å². The molecule has 1 atom stereocenters. The molecule has 1 aromatic carbocycles. The second-order valence-electron chi connectivity index (χ2n) is 4.30. The third-order valence-electron chi connectivity index (χ3n) is 2.78. The molecule has 0 aliphatic carbocycles.